The van der Waals surface area contributed by atoms with E-state index in [1.807, 2.05) is 6.07 Å². The van der Waals surface area contributed by atoms with Crippen molar-refractivity contribution < 1.29 is 19.0 Å². The number of likely N-dealkylation sites (N-methyl/N-ethyl adjacent to an activating group) is 1. The number of ether oxygens (including phenoxy) is 1. The first-order valence-corrected chi connectivity index (χ1v) is 11.5. The van der Waals surface area contributed by atoms with Crippen LogP contribution in [0.4, 0.5) is 14.9 Å². The number of aliphatic hydroxyl groups excluding tert-OH is 1. The number of aliphatic hydroxyl groups is 1. The molecule has 0 radical (unpaired) electrons. The molecule has 1 aliphatic carbocycles. The standard InChI is InChI=1S/C23H24Cl2FN3O3/c1-27-6-7-29(23(27)31)14-2-3-21(19(26)10-14)32-22-17-8-13(24)9-18(25)16(17)11-20(22)28-5-4-15(30)12-28/h2-3,8-10,15,20,22,30H,4-7,11-12H2,1H3/t15-,20-,22-/m1/s1. The number of β-amino-alcohol motifs (C(OH)–C–C–N with tert-alkyl or cyclic N) is 1. The summed E-state index contributed by atoms with van der Waals surface area (Å²) in [6.07, 6.45) is 0.462. The van der Waals surface area contributed by atoms with Gasteiger partial charge in [0.05, 0.1) is 12.1 Å². The molecule has 170 valence electrons. The maximum absolute atomic E-state index is 15.1. The van der Waals surface area contributed by atoms with E-state index in [2.05, 4.69) is 4.90 Å². The molecule has 0 unspecified atom stereocenters. The van der Waals surface area contributed by atoms with Crippen molar-refractivity contribution in [1.29, 1.82) is 0 Å². The highest BCUT2D eigenvalue weighted by molar-refractivity contribution is 6.35. The molecule has 6 nitrogen and oxygen atoms in total. The van der Waals surface area contributed by atoms with E-state index < -0.39 is 11.9 Å². The van der Waals surface area contributed by atoms with Gasteiger partial charge in [-0.2, -0.15) is 0 Å². The van der Waals surface area contributed by atoms with E-state index in [1.54, 1.807) is 35.0 Å². The number of nitrogens with zero attached hydrogens (tertiary/aromatic N) is 3. The summed E-state index contributed by atoms with van der Waals surface area (Å²) >= 11 is 12.7. The Morgan fingerprint density at radius 2 is 1.97 bits per heavy atom. The third-order valence-corrected chi connectivity index (χ3v) is 7.18. The minimum Gasteiger partial charge on any atom is -0.481 e. The Morgan fingerprint density at radius 1 is 1.16 bits per heavy atom. The summed E-state index contributed by atoms with van der Waals surface area (Å²) in [6.45, 7) is 2.39. The Balaban J connectivity index is 1.45. The van der Waals surface area contributed by atoms with Crippen molar-refractivity contribution in [1.82, 2.24) is 9.80 Å². The molecule has 3 atom stereocenters. The lowest BCUT2D eigenvalue weighted by Crippen LogP contribution is -2.39. The summed E-state index contributed by atoms with van der Waals surface area (Å²) in [7, 11) is 1.72. The fraction of sp³-hybridized carbons (Fsp3) is 0.435. The van der Waals surface area contributed by atoms with Crippen LogP contribution in [-0.4, -0.2) is 66.3 Å². The first-order valence-electron chi connectivity index (χ1n) is 10.7. The number of halogens is 3. The average molecular weight is 480 g/mol. The second-order valence-corrected chi connectivity index (χ2v) is 9.52. The molecule has 9 heteroatoms. The minimum atomic E-state index is -0.536. The Hall–Kier alpha value is -2.06. The van der Waals surface area contributed by atoms with Gasteiger partial charge in [-0.25, -0.2) is 9.18 Å². The van der Waals surface area contributed by atoms with Gasteiger partial charge in [-0.05, 0) is 42.7 Å². The fourth-order valence-corrected chi connectivity index (χ4v) is 5.51. The summed E-state index contributed by atoms with van der Waals surface area (Å²) in [5.74, 6) is -0.431. The predicted molar refractivity (Wildman–Crippen MR) is 121 cm³/mol. The molecule has 3 aliphatic rings. The number of carbonyl (C=O) groups excluding carboxylic acids is 1. The Morgan fingerprint density at radius 3 is 2.62 bits per heavy atom. The molecular formula is C23H24Cl2FN3O3. The van der Waals surface area contributed by atoms with Crippen LogP contribution in [0.25, 0.3) is 0 Å². The number of carbonyl (C=O) groups is 1. The topological polar surface area (TPSA) is 56.3 Å². The second kappa shape index (κ2) is 8.37. The average Bonchev–Trinajstić information content (AvgIpc) is 3.42. The van der Waals surface area contributed by atoms with Crippen molar-refractivity contribution in [3.05, 3.63) is 57.3 Å². The number of rotatable bonds is 4. The molecule has 1 N–H and O–H groups in total. The van der Waals surface area contributed by atoms with Crippen LogP contribution >= 0.6 is 23.2 Å². The van der Waals surface area contributed by atoms with Crippen molar-refractivity contribution in [3.8, 4) is 5.75 Å². The van der Waals surface area contributed by atoms with Crippen LogP contribution in [0, 0.1) is 5.82 Å². The first kappa shape index (κ1) is 21.8. The maximum atomic E-state index is 15.1. The summed E-state index contributed by atoms with van der Waals surface area (Å²) in [4.78, 5) is 17.6. The lowest BCUT2D eigenvalue weighted by Gasteiger charge is -2.30. The predicted octanol–water partition coefficient (Wildman–Crippen LogP) is 4.12. The van der Waals surface area contributed by atoms with Crippen molar-refractivity contribution >= 4 is 34.9 Å². The Labute approximate surface area is 196 Å². The minimum absolute atomic E-state index is 0.0917. The van der Waals surface area contributed by atoms with Gasteiger partial charge in [0, 0.05) is 60.6 Å². The smallest absolute Gasteiger partial charge is 0.324 e. The summed E-state index contributed by atoms with van der Waals surface area (Å²) in [5.41, 5.74) is 2.28. The van der Waals surface area contributed by atoms with Gasteiger partial charge < -0.3 is 14.7 Å². The highest BCUT2D eigenvalue weighted by Gasteiger charge is 2.42. The third-order valence-electron chi connectivity index (χ3n) is 6.63. The molecule has 5 rings (SSSR count). The number of fused-ring (bicyclic) bond motifs is 1. The van der Waals surface area contributed by atoms with Crippen LogP contribution in [0.1, 0.15) is 23.7 Å². The van der Waals surface area contributed by atoms with E-state index in [4.69, 9.17) is 27.9 Å². The molecule has 2 saturated heterocycles. The first-order chi connectivity index (χ1) is 15.3. The Bertz CT molecular complexity index is 1070. The van der Waals surface area contributed by atoms with E-state index in [0.29, 0.717) is 48.2 Å². The van der Waals surface area contributed by atoms with E-state index in [-0.39, 0.29) is 23.9 Å². The van der Waals surface area contributed by atoms with Gasteiger partial charge >= 0.3 is 6.03 Å². The SMILES string of the molecule is CN1CCN(c2ccc(O[C@@H]3c4cc(Cl)cc(Cl)c4C[C@H]3N3CC[C@@H](O)C3)c(F)c2)C1=O. The lowest BCUT2D eigenvalue weighted by atomic mass is 10.1. The van der Waals surface area contributed by atoms with Gasteiger partial charge in [-0.1, -0.05) is 23.2 Å². The third kappa shape index (κ3) is 3.81. The quantitative estimate of drug-likeness (QED) is 0.716. The number of anilines is 1. The van der Waals surface area contributed by atoms with Crippen molar-refractivity contribution in [2.24, 2.45) is 0 Å². The number of amides is 2. The molecule has 0 spiro atoms. The zero-order valence-corrected chi connectivity index (χ0v) is 19.1. The van der Waals surface area contributed by atoms with E-state index in [0.717, 1.165) is 17.7 Å². The summed E-state index contributed by atoms with van der Waals surface area (Å²) in [5, 5.41) is 11.1. The summed E-state index contributed by atoms with van der Waals surface area (Å²) in [6, 6.07) is 7.89. The van der Waals surface area contributed by atoms with Gasteiger partial charge in [0.15, 0.2) is 11.6 Å². The molecule has 2 aliphatic heterocycles. The molecule has 0 saturated carbocycles. The molecule has 2 amide bonds. The lowest BCUT2D eigenvalue weighted by molar-refractivity contribution is 0.0791. The van der Waals surface area contributed by atoms with Crippen LogP contribution in [0.2, 0.25) is 10.0 Å². The molecule has 0 bridgehead atoms. The zero-order chi connectivity index (χ0) is 22.6. The van der Waals surface area contributed by atoms with Gasteiger partial charge in [-0.3, -0.25) is 9.80 Å². The molecule has 32 heavy (non-hydrogen) atoms. The summed E-state index contributed by atoms with van der Waals surface area (Å²) < 4.78 is 21.3. The van der Waals surface area contributed by atoms with Crippen LogP contribution in [-0.2, 0) is 6.42 Å². The molecule has 0 aromatic heterocycles. The number of benzene rings is 2. The van der Waals surface area contributed by atoms with Crippen LogP contribution in [0.5, 0.6) is 5.75 Å². The zero-order valence-electron chi connectivity index (χ0n) is 17.6. The van der Waals surface area contributed by atoms with E-state index in [9.17, 15) is 9.90 Å². The molecule has 2 heterocycles. The number of hydrogen-bond donors (Lipinski definition) is 1. The largest absolute Gasteiger partial charge is 0.481 e. The second-order valence-electron chi connectivity index (χ2n) is 8.67. The van der Waals surface area contributed by atoms with Crippen molar-refractivity contribution in [2.75, 3.05) is 38.1 Å². The number of likely N-dealkylation sites (tertiary alicyclic amines) is 1. The maximum Gasteiger partial charge on any atom is 0.324 e. The number of urea groups is 1. The molecule has 2 fully saturated rings. The van der Waals surface area contributed by atoms with Gasteiger partial charge in [0.25, 0.3) is 0 Å². The number of hydrogen-bond acceptors (Lipinski definition) is 4. The van der Waals surface area contributed by atoms with Crippen LogP contribution in [0.3, 0.4) is 0 Å². The van der Waals surface area contributed by atoms with Crippen molar-refractivity contribution in [3.63, 3.8) is 0 Å². The van der Waals surface area contributed by atoms with E-state index in [1.165, 1.54) is 6.07 Å². The molecule has 2 aromatic carbocycles. The van der Waals surface area contributed by atoms with Gasteiger partial charge in [0.2, 0.25) is 0 Å². The fourth-order valence-electron chi connectivity index (χ4n) is 4.92. The van der Waals surface area contributed by atoms with Crippen molar-refractivity contribution in [2.45, 2.75) is 31.1 Å². The monoisotopic (exact) mass is 479 g/mol. The van der Waals surface area contributed by atoms with Crippen LogP contribution < -0.4 is 9.64 Å². The molecule has 2 aromatic rings. The van der Waals surface area contributed by atoms with Crippen LogP contribution in [0.15, 0.2) is 30.3 Å². The Kier molecular flexibility index (Phi) is 5.70. The highest BCUT2D eigenvalue weighted by Crippen LogP contribution is 2.44. The molecular weight excluding hydrogens is 456 g/mol. The highest BCUT2D eigenvalue weighted by atomic mass is 35.5. The van der Waals surface area contributed by atoms with E-state index >= 15 is 4.39 Å². The van der Waals surface area contributed by atoms with Gasteiger partial charge in [-0.15, -0.1) is 0 Å². The normalized spacial score (nSPS) is 25.7. The van der Waals surface area contributed by atoms with Gasteiger partial charge in [0.1, 0.15) is 6.10 Å².